The van der Waals surface area contributed by atoms with Gasteiger partial charge in [0, 0.05) is 36.2 Å². The SMILES string of the molecule is O=C(c1cc2nc(-c3ccc(Cl)c(Cl)c3)cc(C(F)(F)F)n2n1)N1CCSCC1. The Bertz CT molecular complexity index is 1100. The molecule has 1 fully saturated rings. The Labute approximate surface area is 177 Å². The number of hydrogen-bond acceptors (Lipinski definition) is 4. The van der Waals surface area contributed by atoms with Gasteiger partial charge in [0.05, 0.1) is 15.7 Å². The Kier molecular flexibility index (Phi) is 5.39. The van der Waals surface area contributed by atoms with Crippen LogP contribution in [0.25, 0.3) is 16.9 Å². The molecule has 0 unspecified atom stereocenters. The van der Waals surface area contributed by atoms with Gasteiger partial charge in [0.15, 0.2) is 17.0 Å². The van der Waals surface area contributed by atoms with Crippen molar-refractivity contribution in [3.63, 3.8) is 0 Å². The first kappa shape index (κ1) is 20.3. The fraction of sp³-hybridized carbons (Fsp3) is 0.278. The highest BCUT2D eigenvalue weighted by Crippen LogP contribution is 2.34. The summed E-state index contributed by atoms with van der Waals surface area (Å²) >= 11 is 13.6. The molecule has 3 heterocycles. The van der Waals surface area contributed by atoms with E-state index in [0.717, 1.165) is 17.6 Å². The molecule has 11 heteroatoms. The summed E-state index contributed by atoms with van der Waals surface area (Å²) in [5.41, 5.74) is -0.750. The topological polar surface area (TPSA) is 50.5 Å². The summed E-state index contributed by atoms with van der Waals surface area (Å²) in [5, 5.41) is 4.39. The van der Waals surface area contributed by atoms with Crippen LogP contribution in [0.5, 0.6) is 0 Å². The Morgan fingerprint density at radius 2 is 1.79 bits per heavy atom. The second-order valence-corrected chi connectivity index (χ2v) is 8.40. The fourth-order valence-corrected chi connectivity index (χ4v) is 4.21. The minimum Gasteiger partial charge on any atom is -0.336 e. The van der Waals surface area contributed by atoms with Crippen LogP contribution >= 0.6 is 35.0 Å². The molecule has 0 atom stereocenters. The molecule has 1 aliphatic rings. The minimum absolute atomic E-state index is 0.0525. The van der Waals surface area contributed by atoms with E-state index in [1.54, 1.807) is 16.7 Å². The lowest BCUT2D eigenvalue weighted by Crippen LogP contribution is -2.38. The molecule has 1 aromatic carbocycles. The molecule has 4 rings (SSSR count). The Morgan fingerprint density at radius 3 is 2.45 bits per heavy atom. The molecule has 0 spiro atoms. The van der Waals surface area contributed by atoms with Crippen LogP contribution in [0.1, 0.15) is 16.2 Å². The Balaban J connectivity index is 1.83. The van der Waals surface area contributed by atoms with Gasteiger partial charge in [-0.1, -0.05) is 29.3 Å². The summed E-state index contributed by atoms with van der Waals surface area (Å²) in [5.74, 6) is 1.17. The van der Waals surface area contributed by atoms with E-state index in [1.807, 2.05) is 0 Å². The van der Waals surface area contributed by atoms with Gasteiger partial charge in [-0.15, -0.1) is 0 Å². The maximum atomic E-state index is 13.7. The van der Waals surface area contributed by atoms with Crippen LogP contribution in [0.2, 0.25) is 10.0 Å². The summed E-state index contributed by atoms with van der Waals surface area (Å²) in [7, 11) is 0. The Hall–Kier alpha value is -1.97. The first-order valence-corrected chi connectivity index (χ1v) is 10.5. The summed E-state index contributed by atoms with van der Waals surface area (Å²) < 4.78 is 41.7. The largest absolute Gasteiger partial charge is 0.433 e. The lowest BCUT2D eigenvalue weighted by Gasteiger charge is -2.25. The number of nitrogens with zero attached hydrogens (tertiary/aromatic N) is 4. The van der Waals surface area contributed by atoms with Gasteiger partial charge >= 0.3 is 6.18 Å². The van der Waals surface area contributed by atoms with E-state index in [-0.39, 0.29) is 27.1 Å². The van der Waals surface area contributed by atoms with Crippen LogP contribution < -0.4 is 0 Å². The van der Waals surface area contributed by atoms with Crippen molar-refractivity contribution in [2.24, 2.45) is 0 Å². The first-order valence-electron chi connectivity index (χ1n) is 8.54. The fourth-order valence-electron chi connectivity index (χ4n) is 3.01. The highest BCUT2D eigenvalue weighted by Gasteiger charge is 2.36. The monoisotopic (exact) mass is 460 g/mol. The van der Waals surface area contributed by atoms with Crippen LogP contribution in [0.4, 0.5) is 13.2 Å². The zero-order valence-corrected chi connectivity index (χ0v) is 17.0. The van der Waals surface area contributed by atoms with Crippen molar-refractivity contribution < 1.29 is 18.0 Å². The van der Waals surface area contributed by atoms with Gasteiger partial charge in [-0.2, -0.15) is 30.0 Å². The molecule has 29 heavy (non-hydrogen) atoms. The lowest BCUT2D eigenvalue weighted by molar-refractivity contribution is -0.142. The normalized spacial score (nSPS) is 15.1. The molecule has 2 aromatic heterocycles. The number of amides is 1. The van der Waals surface area contributed by atoms with Crippen molar-refractivity contribution in [3.05, 3.63) is 51.8 Å². The van der Waals surface area contributed by atoms with Crippen molar-refractivity contribution in [2.45, 2.75) is 6.18 Å². The average Bonchev–Trinajstić information content (AvgIpc) is 3.12. The lowest BCUT2D eigenvalue weighted by atomic mass is 10.1. The summed E-state index contributed by atoms with van der Waals surface area (Å²) in [4.78, 5) is 18.5. The minimum atomic E-state index is -4.69. The molecule has 0 N–H and O–H groups in total. The zero-order chi connectivity index (χ0) is 20.8. The standard InChI is InChI=1S/C18H13Cl2F3N4OS/c19-11-2-1-10(7-12(11)20)13-8-15(18(21,22)23)27-16(24-13)9-14(25-27)17(28)26-3-5-29-6-4-26/h1-2,7-9H,3-6H2. The van der Waals surface area contributed by atoms with Gasteiger partial charge in [0.25, 0.3) is 5.91 Å². The number of fused-ring (bicyclic) bond motifs is 1. The number of rotatable bonds is 2. The molecular formula is C18H13Cl2F3N4OS. The van der Waals surface area contributed by atoms with Crippen molar-refractivity contribution in [2.75, 3.05) is 24.6 Å². The number of thioether (sulfide) groups is 1. The van der Waals surface area contributed by atoms with Gasteiger partial charge in [-0.3, -0.25) is 4.79 Å². The number of halogens is 5. The molecule has 0 aliphatic carbocycles. The third-order valence-electron chi connectivity index (χ3n) is 4.45. The first-order chi connectivity index (χ1) is 13.7. The zero-order valence-electron chi connectivity index (χ0n) is 14.7. The van der Waals surface area contributed by atoms with E-state index in [1.165, 1.54) is 24.3 Å². The number of carbonyl (C=O) groups excluding carboxylic acids is 1. The molecule has 0 bridgehead atoms. The van der Waals surface area contributed by atoms with Crippen LogP contribution in [0, 0.1) is 0 Å². The number of aromatic nitrogens is 3. The molecule has 1 aliphatic heterocycles. The van der Waals surface area contributed by atoms with Crippen LogP contribution in [0.15, 0.2) is 30.3 Å². The maximum absolute atomic E-state index is 13.7. The molecule has 3 aromatic rings. The van der Waals surface area contributed by atoms with Gasteiger partial charge in [0.2, 0.25) is 0 Å². The smallest absolute Gasteiger partial charge is 0.336 e. The number of alkyl halides is 3. The highest BCUT2D eigenvalue weighted by molar-refractivity contribution is 7.99. The van der Waals surface area contributed by atoms with Gasteiger partial charge in [-0.25, -0.2) is 9.50 Å². The van der Waals surface area contributed by atoms with Gasteiger partial charge in [0.1, 0.15) is 0 Å². The number of hydrogen-bond donors (Lipinski definition) is 0. The van der Waals surface area contributed by atoms with Gasteiger partial charge in [-0.05, 0) is 18.2 Å². The predicted molar refractivity (Wildman–Crippen MR) is 107 cm³/mol. The summed E-state index contributed by atoms with van der Waals surface area (Å²) in [6, 6.07) is 6.61. The van der Waals surface area contributed by atoms with Crippen molar-refractivity contribution in [1.29, 1.82) is 0 Å². The third-order valence-corrected chi connectivity index (χ3v) is 6.13. The van der Waals surface area contributed by atoms with E-state index in [2.05, 4.69) is 10.1 Å². The van der Waals surface area contributed by atoms with Crippen molar-refractivity contribution in [3.8, 4) is 11.3 Å². The summed E-state index contributed by atoms with van der Waals surface area (Å²) in [6.45, 7) is 1.07. The van der Waals surface area contributed by atoms with E-state index < -0.39 is 17.8 Å². The molecule has 0 radical (unpaired) electrons. The van der Waals surface area contributed by atoms with Crippen LogP contribution in [-0.4, -0.2) is 50.0 Å². The molecule has 1 saturated heterocycles. The van der Waals surface area contributed by atoms with Crippen molar-refractivity contribution in [1.82, 2.24) is 19.5 Å². The summed E-state index contributed by atoms with van der Waals surface area (Å²) in [6.07, 6.45) is -4.69. The second kappa shape index (κ2) is 7.70. The van der Waals surface area contributed by atoms with E-state index in [9.17, 15) is 18.0 Å². The molecule has 0 saturated carbocycles. The van der Waals surface area contributed by atoms with Crippen LogP contribution in [-0.2, 0) is 6.18 Å². The Morgan fingerprint density at radius 1 is 1.07 bits per heavy atom. The molecule has 5 nitrogen and oxygen atoms in total. The second-order valence-electron chi connectivity index (χ2n) is 6.36. The molecule has 1 amide bonds. The van der Waals surface area contributed by atoms with Gasteiger partial charge < -0.3 is 4.90 Å². The molecular weight excluding hydrogens is 448 g/mol. The predicted octanol–water partition coefficient (Wildman–Crippen LogP) is 4.91. The van der Waals surface area contributed by atoms with E-state index in [0.29, 0.717) is 23.2 Å². The van der Waals surface area contributed by atoms with E-state index in [4.69, 9.17) is 23.2 Å². The number of carbonyl (C=O) groups is 1. The molecule has 152 valence electrons. The maximum Gasteiger partial charge on any atom is 0.433 e. The highest BCUT2D eigenvalue weighted by atomic mass is 35.5. The third kappa shape index (κ3) is 4.04. The quantitative estimate of drug-likeness (QED) is 0.544. The van der Waals surface area contributed by atoms with E-state index >= 15 is 0 Å². The van der Waals surface area contributed by atoms with Crippen LogP contribution in [0.3, 0.4) is 0 Å². The van der Waals surface area contributed by atoms with Crippen molar-refractivity contribution >= 4 is 46.5 Å². The average molecular weight is 461 g/mol. The number of benzene rings is 1.